The molecule has 0 saturated carbocycles. The van der Waals surface area contributed by atoms with Gasteiger partial charge in [0.2, 0.25) is 0 Å². The SMILES string of the molecule is Cc1nc2c(n1CCNc1cccc(F)c1)CCCC2. The van der Waals surface area contributed by atoms with Crippen LogP contribution < -0.4 is 5.32 Å². The molecule has 0 spiro atoms. The zero-order chi connectivity index (χ0) is 13.9. The number of benzene rings is 1. The first-order chi connectivity index (χ1) is 9.74. The van der Waals surface area contributed by atoms with Crippen molar-refractivity contribution in [3.8, 4) is 0 Å². The zero-order valence-electron chi connectivity index (χ0n) is 11.8. The molecule has 0 fully saturated rings. The number of imidazole rings is 1. The lowest BCUT2D eigenvalue weighted by Gasteiger charge is -2.15. The van der Waals surface area contributed by atoms with E-state index >= 15 is 0 Å². The van der Waals surface area contributed by atoms with Crippen molar-refractivity contribution in [2.75, 3.05) is 11.9 Å². The van der Waals surface area contributed by atoms with Gasteiger partial charge in [-0.3, -0.25) is 0 Å². The van der Waals surface area contributed by atoms with Crippen LogP contribution in [-0.2, 0) is 19.4 Å². The number of aromatic nitrogens is 2. The summed E-state index contributed by atoms with van der Waals surface area (Å²) in [7, 11) is 0. The van der Waals surface area contributed by atoms with E-state index < -0.39 is 0 Å². The Morgan fingerprint density at radius 3 is 3.00 bits per heavy atom. The summed E-state index contributed by atoms with van der Waals surface area (Å²) in [5.41, 5.74) is 3.51. The van der Waals surface area contributed by atoms with Gasteiger partial charge in [0, 0.05) is 24.5 Å². The minimum absolute atomic E-state index is 0.203. The average Bonchev–Trinajstić information content (AvgIpc) is 2.75. The summed E-state index contributed by atoms with van der Waals surface area (Å²) in [5, 5.41) is 3.27. The molecule has 3 nitrogen and oxygen atoms in total. The predicted molar refractivity (Wildman–Crippen MR) is 78.5 cm³/mol. The first-order valence-corrected chi connectivity index (χ1v) is 7.28. The lowest BCUT2D eigenvalue weighted by atomic mass is 10.0. The number of rotatable bonds is 4. The topological polar surface area (TPSA) is 29.9 Å². The van der Waals surface area contributed by atoms with Crippen LogP contribution in [-0.4, -0.2) is 16.1 Å². The number of halogens is 1. The normalized spacial score (nSPS) is 14.1. The van der Waals surface area contributed by atoms with Crippen LogP contribution in [0.2, 0.25) is 0 Å². The lowest BCUT2D eigenvalue weighted by Crippen LogP contribution is -2.15. The van der Waals surface area contributed by atoms with Gasteiger partial charge in [-0.2, -0.15) is 0 Å². The molecule has 1 heterocycles. The summed E-state index contributed by atoms with van der Waals surface area (Å²) in [6.07, 6.45) is 4.76. The highest BCUT2D eigenvalue weighted by Crippen LogP contribution is 2.22. The van der Waals surface area contributed by atoms with Gasteiger partial charge in [0.25, 0.3) is 0 Å². The van der Waals surface area contributed by atoms with Gasteiger partial charge in [-0.05, 0) is 50.8 Å². The summed E-state index contributed by atoms with van der Waals surface area (Å²) < 4.78 is 15.4. The second kappa shape index (κ2) is 5.65. The second-order valence-electron chi connectivity index (χ2n) is 5.35. The van der Waals surface area contributed by atoms with Crippen molar-refractivity contribution < 1.29 is 4.39 Å². The van der Waals surface area contributed by atoms with Crippen LogP contribution in [0.25, 0.3) is 0 Å². The summed E-state index contributed by atoms with van der Waals surface area (Å²) in [6.45, 7) is 3.73. The van der Waals surface area contributed by atoms with Crippen molar-refractivity contribution in [1.29, 1.82) is 0 Å². The van der Waals surface area contributed by atoms with E-state index in [1.165, 1.54) is 36.4 Å². The van der Waals surface area contributed by atoms with Crippen LogP contribution in [0.1, 0.15) is 30.1 Å². The highest BCUT2D eigenvalue weighted by atomic mass is 19.1. The molecule has 0 radical (unpaired) electrons. The molecule has 106 valence electrons. The first-order valence-electron chi connectivity index (χ1n) is 7.28. The van der Waals surface area contributed by atoms with Crippen molar-refractivity contribution in [1.82, 2.24) is 9.55 Å². The van der Waals surface area contributed by atoms with E-state index in [-0.39, 0.29) is 5.82 Å². The molecule has 0 unspecified atom stereocenters. The molecule has 0 atom stereocenters. The van der Waals surface area contributed by atoms with E-state index in [4.69, 9.17) is 0 Å². The van der Waals surface area contributed by atoms with E-state index in [1.807, 2.05) is 6.07 Å². The number of anilines is 1. The maximum absolute atomic E-state index is 13.1. The number of nitrogens with zero attached hydrogens (tertiary/aromatic N) is 2. The molecule has 0 aliphatic heterocycles. The molecular weight excluding hydrogens is 253 g/mol. The van der Waals surface area contributed by atoms with E-state index in [9.17, 15) is 4.39 Å². The maximum atomic E-state index is 13.1. The first kappa shape index (κ1) is 13.2. The van der Waals surface area contributed by atoms with Crippen LogP contribution in [0.4, 0.5) is 10.1 Å². The molecule has 20 heavy (non-hydrogen) atoms. The lowest BCUT2D eigenvalue weighted by molar-refractivity contribution is 0.606. The van der Waals surface area contributed by atoms with Crippen molar-refractivity contribution in [2.45, 2.75) is 39.2 Å². The monoisotopic (exact) mass is 273 g/mol. The summed E-state index contributed by atoms with van der Waals surface area (Å²) >= 11 is 0. The second-order valence-corrected chi connectivity index (χ2v) is 5.35. The quantitative estimate of drug-likeness (QED) is 0.926. The molecular formula is C16H20FN3. The molecule has 0 amide bonds. The van der Waals surface area contributed by atoms with Crippen LogP contribution in [0, 0.1) is 12.7 Å². The molecule has 1 N–H and O–H groups in total. The van der Waals surface area contributed by atoms with Crippen LogP contribution in [0.5, 0.6) is 0 Å². The molecule has 3 rings (SSSR count). The Hall–Kier alpha value is -1.84. The van der Waals surface area contributed by atoms with Crippen LogP contribution >= 0.6 is 0 Å². The van der Waals surface area contributed by atoms with Gasteiger partial charge in [-0.25, -0.2) is 9.37 Å². The molecule has 0 bridgehead atoms. The number of fused-ring (bicyclic) bond motifs is 1. The minimum atomic E-state index is -0.203. The van der Waals surface area contributed by atoms with Gasteiger partial charge in [-0.15, -0.1) is 0 Å². The molecule has 4 heteroatoms. The Bertz CT molecular complexity index is 604. The fourth-order valence-electron chi connectivity index (χ4n) is 2.94. The van der Waals surface area contributed by atoms with Gasteiger partial charge < -0.3 is 9.88 Å². The molecule has 2 aromatic rings. The Morgan fingerprint density at radius 2 is 2.15 bits per heavy atom. The van der Waals surface area contributed by atoms with Crippen molar-refractivity contribution >= 4 is 5.69 Å². The Balaban J connectivity index is 1.65. The third kappa shape index (κ3) is 2.69. The summed E-state index contributed by atoms with van der Waals surface area (Å²) in [4.78, 5) is 4.67. The van der Waals surface area contributed by atoms with Crippen molar-refractivity contribution in [3.05, 3.63) is 47.3 Å². The molecule has 0 saturated heterocycles. The Labute approximate surface area is 118 Å². The average molecular weight is 273 g/mol. The molecule has 1 aromatic heterocycles. The molecule has 1 aromatic carbocycles. The third-order valence-corrected chi connectivity index (χ3v) is 3.91. The fraction of sp³-hybridized carbons (Fsp3) is 0.438. The number of aryl methyl sites for hydroxylation is 2. The number of nitrogens with one attached hydrogen (secondary N) is 1. The van der Waals surface area contributed by atoms with E-state index in [1.54, 1.807) is 6.07 Å². The van der Waals surface area contributed by atoms with Gasteiger partial charge >= 0.3 is 0 Å². The standard InChI is InChI=1S/C16H20FN3/c1-12-19-15-7-2-3-8-16(15)20(12)10-9-18-14-6-4-5-13(17)11-14/h4-6,11,18H,2-3,7-10H2,1H3. The van der Waals surface area contributed by atoms with Gasteiger partial charge in [0.05, 0.1) is 5.69 Å². The highest BCUT2D eigenvalue weighted by Gasteiger charge is 2.17. The van der Waals surface area contributed by atoms with Crippen molar-refractivity contribution in [2.24, 2.45) is 0 Å². The van der Waals surface area contributed by atoms with E-state index in [0.29, 0.717) is 0 Å². The fourth-order valence-corrected chi connectivity index (χ4v) is 2.94. The maximum Gasteiger partial charge on any atom is 0.125 e. The Morgan fingerprint density at radius 1 is 1.30 bits per heavy atom. The summed E-state index contributed by atoms with van der Waals surface area (Å²) in [5.74, 6) is 0.893. The van der Waals surface area contributed by atoms with Crippen LogP contribution in [0.3, 0.4) is 0 Å². The number of hydrogen-bond acceptors (Lipinski definition) is 2. The third-order valence-electron chi connectivity index (χ3n) is 3.91. The van der Waals surface area contributed by atoms with Crippen LogP contribution in [0.15, 0.2) is 24.3 Å². The van der Waals surface area contributed by atoms with E-state index in [2.05, 4.69) is 21.8 Å². The Kier molecular flexibility index (Phi) is 3.72. The number of hydrogen-bond donors (Lipinski definition) is 1. The summed E-state index contributed by atoms with van der Waals surface area (Å²) in [6, 6.07) is 6.60. The van der Waals surface area contributed by atoms with Crippen molar-refractivity contribution in [3.63, 3.8) is 0 Å². The molecule has 1 aliphatic rings. The molecule has 1 aliphatic carbocycles. The smallest absolute Gasteiger partial charge is 0.125 e. The highest BCUT2D eigenvalue weighted by molar-refractivity contribution is 5.42. The predicted octanol–water partition coefficient (Wildman–Crippen LogP) is 3.32. The van der Waals surface area contributed by atoms with Gasteiger partial charge in [-0.1, -0.05) is 6.07 Å². The zero-order valence-corrected chi connectivity index (χ0v) is 11.8. The largest absolute Gasteiger partial charge is 0.383 e. The van der Waals surface area contributed by atoms with E-state index in [0.717, 1.165) is 37.4 Å². The van der Waals surface area contributed by atoms with Gasteiger partial charge in [0.15, 0.2) is 0 Å². The minimum Gasteiger partial charge on any atom is -0.383 e. The van der Waals surface area contributed by atoms with Gasteiger partial charge in [0.1, 0.15) is 11.6 Å².